The summed E-state index contributed by atoms with van der Waals surface area (Å²) in [4.78, 5) is 4.63. The summed E-state index contributed by atoms with van der Waals surface area (Å²) in [5, 5.41) is 3.14. The van der Waals surface area contributed by atoms with Gasteiger partial charge in [-0.3, -0.25) is 0 Å². The molecule has 0 bridgehead atoms. The van der Waals surface area contributed by atoms with Crippen LogP contribution in [0.4, 0.5) is 0 Å². The molecule has 0 radical (unpaired) electrons. The van der Waals surface area contributed by atoms with Gasteiger partial charge >= 0.3 is 0 Å². The molecule has 1 aromatic heterocycles. The van der Waals surface area contributed by atoms with Gasteiger partial charge in [-0.1, -0.05) is 0 Å². The second-order valence-corrected chi connectivity index (χ2v) is 5.18. The Labute approximate surface area is 112 Å². The van der Waals surface area contributed by atoms with Gasteiger partial charge in [0.15, 0.2) is 0 Å². The second kappa shape index (κ2) is 5.50. The van der Waals surface area contributed by atoms with Crippen LogP contribution in [0.3, 0.4) is 0 Å². The molecule has 96 valence electrons. The van der Waals surface area contributed by atoms with Crippen LogP contribution >= 0.6 is 11.3 Å². The van der Waals surface area contributed by atoms with Crippen molar-refractivity contribution in [2.45, 2.75) is 20.3 Å². The molecule has 2 rings (SSSR count). The Hall–Kier alpha value is -1.39. The van der Waals surface area contributed by atoms with Gasteiger partial charge in [-0.2, -0.15) is 0 Å². The number of thiazole rings is 1. The Morgan fingerprint density at radius 3 is 2.72 bits per heavy atom. The molecule has 0 aliphatic carbocycles. The van der Waals surface area contributed by atoms with Crippen molar-refractivity contribution in [1.29, 1.82) is 0 Å². The lowest BCUT2D eigenvalue weighted by molar-refractivity contribution is 0.411. The van der Waals surface area contributed by atoms with Gasteiger partial charge in [0.1, 0.15) is 10.8 Å². The van der Waals surface area contributed by atoms with Gasteiger partial charge in [-0.15, -0.1) is 11.3 Å². The first-order valence-corrected chi connectivity index (χ1v) is 6.83. The number of ether oxygens (including phenoxy) is 1. The van der Waals surface area contributed by atoms with E-state index in [0.29, 0.717) is 6.54 Å². The summed E-state index contributed by atoms with van der Waals surface area (Å²) in [5.74, 6) is 0.926. The Balaban J connectivity index is 2.40. The van der Waals surface area contributed by atoms with E-state index in [1.807, 2.05) is 0 Å². The molecular formula is C14H18N2OS. The van der Waals surface area contributed by atoms with Crippen molar-refractivity contribution in [3.63, 3.8) is 0 Å². The van der Waals surface area contributed by atoms with E-state index in [1.165, 1.54) is 11.1 Å². The highest BCUT2D eigenvalue weighted by atomic mass is 32.1. The Bertz CT molecular complexity index is 549. The van der Waals surface area contributed by atoms with E-state index in [2.05, 4.69) is 36.3 Å². The molecule has 0 atom stereocenters. The van der Waals surface area contributed by atoms with Gasteiger partial charge < -0.3 is 10.5 Å². The highest BCUT2D eigenvalue weighted by molar-refractivity contribution is 7.13. The maximum atomic E-state index is 5.55. The van der Waals surface area contributed by atoms with Crippen LogP contribution in [0, 0.1) is 13.8 Å². The van der Waals surface area contributed by atoms with E-state index in [-0.39, 0.29) is 0 Å². The number of nitrogens with two attached hydrogens (primary N) is 1. The summed E-state index contributed by atoms with van der Waals surface area (Å²) < 4.78 is 5.33. The summed E-state index contributed by atoms with van der Waals surface area (Å²) in [7, 11) is 1.70. The minimum Gasteiger partial charge on any atom is -0.496 e. The van der Waals surface area contributed by atoms with Crippen LogP contribution in [0.15, 0.2) is 17.5 Å². The van der Waals surface area contributed by atoms with Crippen LogP contribution < -0.4 is 10.5 Å². The quantitative estimate of drug-likeness (QED) is 0.921. The smallest absolute Gasteiger partial charge is 0.123 e. The maximum absolute atomic E-state index is 5.55. The van der Waals surface area contributed by atoms with E-state index in [4.69, 9.17) is 10.5 Å². The van der Waals surface area contributed by atoms with Crippen molar-refractivity contribution in [2.24, 2.45) is 5.73 Å². The summed E-state index contributed by atoms with van der Waals surface area (Å²) in [6, 6.07) is 4.20. The first-order chi connectivity index (χ1) is 8.65. The van der Waals surface area contributed by atoms with Crippen LogP contribution in [0.5, 0.6) is 5.75 Å². The fraction of sp³-hybridized carbons (Fsp3) is 0.357. The number of rotatable bonds is 4. The Kier molecular flexibility index (Phi) is 3.99. The van der Waals surface area contributed by atoms with Crippen LogP contribution in [0.2, 0.25) is 0 Å². The third kappa shape index (κ3) is 2.54. The first-order valence-electron chi connectivity index (χ1n) is 5.95. The van der Waals surface area contributed by atoms with Crippen molar-refractivity contribution in [3.8, 4) is 16.3 Å². The van der Waals surface area contributed by atoms with E-state index in [1.54, 1.807) is 18.4 Å². The van der Waals surface area contributed by atoms with Gasteiger partial charge in [0, 0.05) is 17.4 Å². The number of benzene rings is 1. The summed E-state index contributed by atoms with van der Waals surface area (Å²) >= 11 is 1.67. The predicted molar refractivity (Wildman–Crippen MR) is 76.3 cm³/mol. The number of aromatic nitrogens is 1. The molecule has 0 spiro atoms. The molecule has 0 unspecified atom stereocenters. The molecule has 1 heterocycles. The monoisotopic (exact) mass is 262 g/mol. The highest BCUT2D eigenvalue weighted by Gasteiger charge is 2.10. The molecule has 2 N–H and O–H groups in total. The number of nitrogens with zero attached hydrogens (tertiary/aromatic N) is 1. The van der Waals surface area contributed by atoms with Gasteiger partial charge in [0.25, 0.3) is 0 Å². The zero-order valence-electron chi connectivity index (χ0n) is 11.0. The topological polar surface area (TPSA) is 48.1 Å². The minimum absolute atomic E-state index is 0.643. The van der Waals surface area contributed by atoms with Crippen LogP contribution in [-0.2, 0) is 6.42 Å². The van der Waals surface area contributed by atoms with E-state index in [9.17, 15) is 0 Å². The van der Waals surface area contributed by atoms with Crippen LogP contribution in [0.25, 0.3) is 10.6 Å². The standard InChI is InChI=1S/C14H18N2OS/c1-9-7-13(17-3)10(2)6-12(9)14-16-11(4-5-15)8-18-14/h6-8H,4-5,15H2,1-3H3. The molecule has 0 fully saturated rings. The molecule has 4 heteroatoms. The molecule has 1 aromatic carbocycles. The predicted octanol–water partition coefficient (Wildman–Crippen LogP) is 2.94. The lowest BCUT2D eigenvalue weighted by Crippen LogP contribution is -2.02. The summed E-state index contributed by atoms with van der Waals surface area (Å²) in [5.41, 5.74) is 10.1. The molecule has 0 amide bonds. The third-order valence-corrected chi connectivity index (χ3v) is 3.85. The van der Waals surface area contributed by atoms with E-state index >= 15 is 0 Å². The van der Waals surface area contributed by atoms with Crippen molar-refractivity contribution < 1.29 is 4.74 Å². The lowest BCUT2D eigenvalue weighted by atomic mass is 10.1. The number of hydrogen-bond donors (Lipinski definition) is 1. The number of aryl methyl sites for hydroxylation is 2. The molecular weight excluding hydrogens is 244 g/mol. The van der Waals surface area contributed by atoms with Gasteiger partial charge in [0.2, 0.25) is 0 Å². The maximum Gasteiger partial charge on any atom is 0.123 e. The Morgan fingerprint density at radius 2 is 2.06 bits per heavy atom. The average Bonchev–Trinajstić information content (AvgIpc) is 2.80. The number of methoxy groups -OCH3 is 1. The molecule has 3 nitrogen and oxygen atoms in total. The highest BCUT2D eigenvalue weighted by Crippen LogP contribution is 2.31. The van der Waals surface area contributed by atoms with Gasteiger partial charge in [0.05, 0.1) is 12.8 Å². The number of hydrogen-bond acceptors (Lipinski definition) is 4. The van der Waals surface area contributed by atoms with Crippen molar-refractivity contribution in [1.82, 2.24) is 4.98 Å². The molecule has 18 heavy (non-hydrogen) atoms. The first kappa shape index (κ1) is 13.1. The normalized spacial score (nSPS) is 10.7. The van der Waals surface area contributed by atoms with Gasteiger partial charge in [-0.25, -0.2) is 4.98 Å². The van der Waals surface area contributed by atoms with E-state index < -0.39 is 0 Å². The summed E-state index contributed by atoms with van der Waals surface area (Å²) in [6.45, 7) is 4.78. The summed E-state index contributed by atoms with van der Waals surface area (Å²) in [6.07, 6.45) is 0.838. The van der Waals surface area contributed by atoms with Crippen molar-refractivity contribution in [2.75, 3.05) is 13.7 Å². The lowest BCUT2D eigenvalue weighted by Gasteiger charge is -2.09. The third-order valence-electron chi connectivity index (χ3n) is 2.92. The van der Waals surface area contributed by atoms with Crippen molar-refractivity contribution >= 4 is 11.3 Å². The Morgan fingerprint density at radius 1 is 1.28 bits per heavy atom. The largest absolute Gasteiger partial charge is 0.496 e. The zero-order chi connectivity index (χ0) is 13.1. The van der Waals surface area contributed by atoms with Crippen molar-refractivity contribution in [3.05, 3.63) is 34.3 Å². The molecule has 0 saturated carbocycles. The van der Waals surface area contributed by atoms with Crippen LogP contribution in [-0.4, -0.2) is 18.6 Å². The molecule has 0 aliphatic heterocycles. The minimum atomic E-state index is 0.643. The molecule has 0 saturated heterocycles. The zero-order valence-corrected chi connectivity index (χ0v) is 11.8. The molecule has 2 aromatic rings. The average molecular weight is 262 g/mol. The van der Waals surface area contributed by atoms with E-state index in [0.717, 1.165) is 28.4 Å². The van der Waals surface area contributed by atoms with Crippen LogP contribution in [0.1, 0.15) is 16.8 Å². The fourth-order valence-electron chi connectivity index (χ4n) is 1.93. The second-order valence-electron chi connectivity index (χ2n) is 4.32. The van der Waals surface area contributed by atoms with Gasteiger partial charge in [-0.05, 0) is 43.7 Å². The SMILES string of the molecule is COc1cc(C)c(-c2nc(CCN)cs2)cc1C. The fourth-order valence-corrected chi connectivity index (χ4v) is 2.87. The molecule has 0 aliphatic rings.